The summed E-state index contributed by atoms with van der Waals surface area (Å²) in [5.41, 5.74) is 19.9. The highest BCUT2D eigenvalue weighted by Gasteiger charge is 2.26. The smallest absolute Gasteiger partial charge is 0.137 e. The molecule has 0 saturated heterocycles. The van der Waals surface area contributed by atoms with Gasteiger partial charge in [-0.25, -0.2) is 4.98 Å². The summed E-state index contributed by atoms with van der Waals surface area (Å²) in [5, 5.41) is 4.61. The molecule has 0 radical (unpaired) electrons. The number of nitrogens with zero attached hydrogens (tertiary/aromatic N) is 3. The lowest BCUT2D eigenvalue weighted by Gasteiger charge is -2.29. The predicted molar refractivity (Wildman–Crippen MR) is 251 cm³/mol. The van der Waals surface area contributed by atoms with Gasteiger partial charge in [-0.15, -0.1) is 0 Å². The molecule has 0 fully saturated rings. The van der Waals surface area contributed by atoms with E-state index in [9.17, 15) is 0 Å². The number of fused-ring (bicyclic) bond motifs is 10. The molecule has 13 rings (SSSR count). The van der Waals surface area contributed by atoms with Crippen LogP contribution >= 0.6 is 0 Å². The van der Waals surface area contributed by atoms with Gasteiger partial charge >= 0.3 is 0 Å². The van der Waals surface area contributed by atoms with E-state index in [1.807, 2.05) is 12.4 Å². The van der Waals surface area contributed by atoms with Crippen LogP contribution in [0.4, 0.5) is 0 Å². The van der Waals surface area contributed by atoms with Crippen molar-refractivity contribution < 1.29 is 4.42 Å². The largest absolute Gasteiger partial charge is 0.456 e. The fraction of sp³-hybridized carbons (Fsp3) is 0.0351. The SMILES string of the molecule is c1ccc(C2Cc3ccc(-c4ccc5c(c4)c4cc(-c6ccc7oc8cccc(-n9cnc%10ccccc%109)c8c7c6)ccc4n5-c4ccccc4)cc3-c3ccccc32)cc1. The monoisotopic (exact) mass is 779 g/mol. The fourth-order valence-electron chi connectivity index (χ4n) is 10.1. The number of imidazole rings is 1. The average molecular weight is 780 g/mol. The Morgan fingerprint density at radius 3 is 1.93 bits per heavy atom. The zero-order valence-corrected chi connectivity index (χ0v) is 33.2. The molecule has 1 aliphatic rings. The van der Waals surface area contributed by atoms with Crippen molar-refractivity contribution in [1.29, 1.82) is 0 Å². The van der Waals surface area contributed by atoms with E-state index in [2.05, 4.69) is 203 Å². The Kier molecular flexibility index (Phi) is 7.40. The van der Waals surface area contributed by atoms with Gasteiger partial charge in [0.15, 0.2) is 0 Å². The molecule has 1 unspecified atom stereocenters. The molecule has 4 heteroatoms. The van der Waals surface area contributed by atoms with E-state index >= 15 is 0 Å². The molecule has 3 aromatic heterocycles. The van der Waals surface area contributed by atoms with Crippen molar-refractivity contribution in [3.63, 3.8) is 0 Å². The van der Waals surface area contributed by atoms with Crippen molar-refractivity contribution in [1.82, 2.24) is 14.1 Å². The Morgan fingerprint density at radius 2 is 1.13 bits per heavy atom. The van der Waals surface area contributed by atoms with Crippen LogP contribution in [0.15, 0.2) is 211 Å². The third-order valence-corrected chi connectivity index (χ3v) is 13.0. The lowest BCUT2D eigenvalue weighted by atomic mass is 9.75. The number of hydrogen-bond acceptors (Lipinski definition) is 2. The molecule has 0 spiro atoms. The molecule has 286 valence electrons. The van der Waals surface area contributed by atoms with Crippen LogP contribution in [0.25, 0.3) is 99.5 Å². The van der Waals surface area contributed by atoms with Crippen molar-refractivity contribution in [2.24, 2.45) is 0 Å². The summed E-state index contributed by atoms with van der Waals surface area (Å²) < 4.78 is 11.0. The minimum Gasteiger partial charge on any atom is -0.456 e. The van der Waals surface area contributed by atoms with Gasteiger partial charge in [-0.2, -0.15) is 0 Å². The van der Waals surface area contributed by atoms with Crippen LogP contribution in [-0.2, 0) is 6.42 Å². The van der Waals surface area contributed by atoms with E-state index in [1.54, 1.807) is 0 Å². The predicted octanol–water partition coefficient (Wildman–Crippen LogP) is 14.7. The third kappa shape index (κ3) is 5.29. The minimum atomic E-state index is 0.345. The van der Waals surface area contributed by atoms with Gasteiger partial charge in [-0.3, -0.25) is 4.57 Å². The Hall–Kier alpha value is -7.95. The van der Waals surface area contributed by atoms with Crippen LogP contribution in [-0.4, -0.2) is 14.1 Å². The van der Waals surface area contributed by atoms with Gasteiger partial charge in [0.1, 0.15) is 17.5 Å². The van der Waals surface area contributed by atoms with Gasteiger partial charge in [-0.1, -0.05) is 121 Å². The summed E-state index contributed by atoms with van der Waals surface area (Å²) in [6, 6.07) is 72.8. The fourth-order valence-corrected chi connectivity index (χ4v) is 10.1. The molecule has 0 bridgehead atoms. The first-order valence-electron chi connectivity index (χ1n) is 21.0. The molecular formula is C57H37N3O. The second kappa shape index (κ2) is 13.3. The molecule has 0 aliphatic heterocycles. The molecule has 0 N–H and O–H groups in total. The average Bonchev–Trinajstić information content (AvgIpc) is 4.03. The standard InChI is InChI=1S/C57H37N3O/c1-3-12-36(13-4-1)45-34-41-23-22-37(30-46(41)44-17-8-7-16-43(44)45)38-24-27-51-47(31-38)48-32-39(25-28-52(48)60(51)42-14-5-2-6-15-42)40-26-29-55-49(33-40)57-54(20-11-21-56(57)61-55)59-35-58-50-18-9-10-19-53(50)59/h1-33,35,45H,34H2. The number of rotatable bonds is 5. The zero-order valence-electron chi connectivity index (χ0n) is 33.2. The highest BCUT2D eigenvalue weighted by atomic mass is 16.3. The highest BCUT2D eigenvalue weighted by molar-refractivity contribution is 6.13. The molecule has 12 aromatic rings. The number of benzene rings is 9. The Labute approximate surface area is 352 Å². The van der Waals surface area contributed by atoms with Crippen LogP contribution in [0.3, 0.4) is 0 Å². The summed E-state index contributed by atoms with van der Waals surface area (Å²) in [6.45, 7) is 0. The number of para-hydroxylation sites is 3. The van der Waals surface area contributed by atoms with E-state index in [4.69, 9.17) is 9.40 Å². The quantitative estimate of drug-likeness (QED) is 0.174. The van der Waals surface area contributed by atoms with E-state index in [-0.39, 0.29) is 0 Å². The van der Waals surface area contributed by atoms with Crippen LogP contribution in [0.2, 0.25) is 0 Å². The normalized spacial score (nSPS) is 13.7. The second-order valence-electron chi connectivity index (χ2n) is 16.3. The maximum atomic E-state index is 6.47. The van der Waals surface area contributed by atoms with Crippen molar-refractivity contribution in [2.75, 3.05) is 0 Å². The first-order chi connectivity index (χ1) is 30.2. The molecule has 9 aromatic carbocycles. The maximum Gasteiger partial charge on any atom is 0.137 e. The topological polar surface area (TPSA) is 35.9 Å². The Balaban J connectivity index is 0.964. The molecule has 1 atom stereocenters. The summed E-state index contributed by atoms with van der Waals surface area (Å²) in [7, 11) is 0. The van der Waals surface area contributed by atoms with Crippen LogP contribution < -0.4 is 0 Å². The lowest BCUT2D eigenvalue weighted by Crippen LogP contribution is -2.12. The summed E-state index contributed by atoms with van der Waals surface area (Å²) in [5.74, 6) is 0.345. The second-order valence-corrected chi connectivity index (χ2v) is 16.3. The van der Waals surface area contributed by atoms with Gasteiger partial charge in [0.2, 0.25) is 0 Å². The minimum absolute atomic E-state index is 0.345. The number of aromatic nitrogens is 3. The van der Waals surface area contributed by atoms with Crippen molar-refractivity contribution in [2.45, 2.75) is 12.3 Å². The lowest BCUT2D eigenvalue weighted by molar-refractivity contribution is 0.669. The van der Waals surface area contributed by atoms with Gasteiger partial charge in [0, 0.05) is 27.8 Å². The molecular weight excluding hydrogens is 743 g/mol. The third-order valence-electron chi connectivity index (χ3n) is 13.0. The highest BCUT2D eigenvalue weighted by Crippen LogP contribution is 2.45. The number of hydrogen-bond donors (Lipinski definition) is 0. The van der Waals surface area contributed by atoms with E-state index < -0.39 is 0 Å². The molecule has 1 aliphatic carbocycles. The van der Waals surface area contributed by atoms with Gasteiger partial charge in [0.05, 0.1) is 33.1 Å². The van der Waals surface area contributed by atoms with Crippen LogP contribution in [0.5, 0.6) is 0 Å². The number of furan rings is 1. The van der Waals surface area contributed by atoms with Crippen molar-refractivity contribution in [3.8, 4) is 44.8 Å². The first-order valence-corrected chi connectivity index (χ1v) is 21.0. The molecule has 4 nitrogen and oxygen atoms in total. The summed E-state index contributed by atoms with van der Waals surface area (Å²) in [6.07, 6.45) is 2.91. The van der Waals surface area contributed by atoms with Gasteiger partial charge < -0.3 is 8.98 Å². The Morgan fingerprint density at radius 1 is 0.475 bits per heavy atom. The van der Waals surface area contributed by atoms with Crippen molar-refractivity contribution in [3.05, 3.63) is 223 Å². The Bertz CT molecular complexity index is 3680. The van der Waals surface area contributed by atoms with E-state index in [1.165, 1.54) is 60.8 Å². The van der Waals surface area contributed by atoms with E-state index in [0.29, 0.717) is 5.92 Å². The van der Waals surface area contributed by atoms with Gasteiger partial charge in [-0.05, 0) is 135 Å². The maximum absolute atomic E-state index is 6.47. The van der Waals surface area contributed by atoms with Crippen LogP contribution in [0.1, 0.15) is 22.6 Å². The molecule has 0 saturated carbocycles. The molecule has 0 amide bonds. The first kappa shape index (κ1) is 34.0. The zero-order chi connectivity index (χ0) is 40.0. The molecule has 61 heavy (non-hydrogen) atoms. The summed E-state index contributed by atoms with van der Waals surface area (Å²) in [4.78, 5) is 4.71. The summed E-state index contributed by atoms with van der Waals surface area (Å²) >= 11 is 0. The van der Waals surface area contributed by atoms with Gasteiger partial charge in [0.25, 0.3) is 0 Å². The van der Waals surface area contributed by atoms with Crippen LogP contribution in [0, 0.1) is 0 Å². The van der Waals surface area contributed by atoms with Crippen molar-refractivity contribution >= 4 is 54.8 Å². The molecule has 3 heterocycles. The van der Waals surface area contributed by atoms with E-state index in [0.717, 1.165) is 61.9 Å².